The van der Waals surface area contributed by atoms with E-state index in [1.165, 1.54) is 17.7 Å². The maximum Gasteiger partial charge on any atom is 0.0558 e. The van der Waals surface area contributed by atoms with Gasteiger partial charge < -0.3 is 21.1 Å². The summed E-state index contributed by atoms with van der Waals surface area (Å²) in [6, 6.07) is 6.28. The van der Waals surface area contributed by atoms with E-state index < -0.39 is 0 Å². The molecule has 1 aromatic carbocycles. The number of hydrogen-bond donors (Lipinski definition) is 3. The van der Waals surface area contributed by atoms with Gasteiger partial charge in [-0.2, -0.15) is 0 Å². The molecule has 2 rings (SSSR count). The molecule has 1 aromatic rings. The lowest BCUT2D eigenvalue weighted by Crippen LogP contribution is -2.39. The van der Waals surface area contributed by atoms with Crippen LogP contribution in [0.15, 0.2) is 18.2 Å². The minimum atomic E-state index is 0.242. The average Bonchev–Trinajstić information content (AvgIpc) is 2.55. The predicted molar refractivity (Wildman–Crippen MR) is 98.1 cm³/mol. The summed E-state index contributed by atoms with van der Waals surface area (Å²) in [6.07, 6.45) is 3.51. The van der Waals surface area contributed by atoms with Crippen molar-refractivity contribution < 1.29 is 5.11 Å². The van der Waals surface area contributed by atoms with Crippen LogP contribution in [0.5, 0.6) is 0 Å². The molecule has 0 spiro atoms. The van der Waals surface area contributed by atoms with Crippen molar-refractivity contribution in [2.75, 3.05) is 63.1 Å². The van der Waals surface area contributed by atoms with Crippen LogP contribution in [0.3, 0.4) is 0 Å². The van der Waals surface area contributed by atoms with E-state index in [1.807, 2.05) is 6.07 Å². The third-order valence-corrected chi connectivity index (χ3v) is 4.44. The maximum absolute atomic E-state index is 9.07. The topological polar surface area (TPSA) is 64.8 Å². The summed E-state index contributed by atoms with van der Waals surface area (Å²) in [7, 11) is 0. The molecule has 4 N–H and O–H groups in total. The van der Waals surface area contributed by atoms with Gasteiger partial charge in [-0.3, -0.25) is 4.90 Å². The van der Waals surface area contributed by atoms with Crippen LogP contribution >= 0.6 is 0 Å². The van der Waals surface area contributed by atoms with E-state index in [-0.39, 0.29) is 6.61 Å². The molecule has 0 amide bonds. The second-order valence-electron chi connectivity index (χ2n) is 6.29. The molecule has 0 saturated heterocycles. The Morgan fingerprint density at radius 3 is 2.91 bits per heavy atom. The number of rotatable bonds is 10. The molecule has 0 unspecified atom stereocenters. The SMILES string of the molecule is CCCN(CCO)CCNCCN1CCCc2ccc(N)cc21. The van der Waals surface area contributed by atoms with Crippen molar-refractivity contribution in [2.24, 2.45) is 0 Å². The molecule has 0 fully saturated rings. The zero-order chi connectivity index (χ0) is 16.5. The van der Waals surface area contributed by atoms with Crippen LogP contribution in [0.1, 0.15) is 25.3 Å². The number of fused-ring (bicyclic) bond motifs is 1. The molecule has 23 heavy (non-hydrogen) atoms. The van der Waals surface area contributed by atoms with Gasteiger partial charge >= 0.3 is 0 Å². The van der Waals surface area contributed by atoms with E-state index in [9.17, 15) is 0 Å². The molecule has 0 aliphatic carbocycles. The number of aryl methyl sites for hydroxylation is 1. The fourth-order valence-corrected chi connectivity index (χ4v) is 3.27. The summed E-state index contributed by atoms with van der Waals surface area (Å²) in [5, 5.41) is 12.6. The molecule has 1 heterocycles. The van der Waals surface area contributed by atoms with Crippen molar-refractivity contribution in [3.05, 3.63) is 23.8 Å². The lowest BCUT2D eigenvalue weighted by molar-refractivity contribution is 0.196. The third kappa shape index (κ3) is 5.68. The van der Waals surface area contributed by atoms with Crippen molar-refractivity contribution in [3.8, 4) is 0 Å². The van der Waals surface area contributed by atoms with E-state index in [2.05, 4.69) is 34.2 Å². The first kappa shape index (κ1) is 18.0. The van der Waals surface area contributed by atoms with Crippen molar-refractivity contribution in [3.63, 3.8) is 0 Å². The van der Waals surface area contributed by atoms with Gasteiger partial charge in [0.1, 0.15) is 0 Å². The van der Waals surface area contributed by atoms with E-state index in [4.69, 9.17) is 10.8 Å². The predicted octanol–water partition coefficient (Wildman–Crippen LogP) is 1.32. The molecule has 5 heteroatoms. The minimum absolute atomic E-state index is 0.242. The average molecular weight is 320 g/mol. The molecule has 0 saturated carbocycles. The first-order valence-electron chi connectivity index (χ1n) is 8.92. The van der Waals surface area contributed by atoms with Crippen LogP contribution in [-0.2, 0) is 6.42 Å². The van der Waals surface area contributed by atoms with Gasteiger partial charge in [0.05, 0.1) is 6.61 Å². The number of hydrogen-bond acceptors (Lipinski definition) is 5. The molecule has 0 bridgehead atoms. The number of aliphatic hydroxyl groups is 1. The van der Waals surface area contributed by atoms with Gasteiger partial charge in [0.2, 0.25) is 0 Å². The minimum Gasteiger partial charge on any atom is -0.399 e. The Labute approximate surface area is 140 Å². The van der Waals surface area contributed by atoms with Gasteiger partial charge in [-0.15, -0.1) is 0 Å². The highest BCUT2D eigenvalue weighted by molar-refractivity contribution is 5.62. The second-order valence-corrected chi connectivity index (χ2v) is 6.29. The smallest absolute Gasteiger partial charge is 0.0558 e. The summed E-state index contributed by atoms with van der Waals surface area (Å²) in [5.41, 5.74) is 9.52. The van der Waals surface area contributed by atoms with Gasteiger partial charge in [0.15, 0.2) is 0 Å². The summed E-state index contributed by atoms with van der Waals surface area (Å²) in [4.78, 5) is 4.75. The van der Waals surface area contributed by atoms with Gasteiger partial charge in [-0.05, 0) is 43.5 Å². The highest BCUT2D eigenvalue weighted by Crippen LogP contribution is 2.28. The lowest BCUT2D eigenvalue weighted by Gasteiger charge is -2.31. The number of aliphatic hydroxyl groups excluding tert-OH is 1. The molecule has 0 atom stereocenters. The summed E-state index contributed by atoms with van der Waals surface area (Å²) in [5.74, 6) is 0. The van der Waals surface area contributed by atoms with Crippen LogP contribution in [0, 0.1) is 0 Å². The standard InChI is InChI=1S/C18H32N4O/c1-2-9-21(13-14-23)11-7-20-8-12-22-10-3-4-16-5-6-17(19)15-18(16)22/h5-6,15,20,23H,2-4,7-14,19H2,1H3. The Hall–Kier alpha value is -1.30. The number of nitrogen functional groups attached to an aromatic ring is 1. The van der Waals surface area contributed by atoms with E-state index in [0.29, 0.717) is 0 Å². The Morgan fingerprint density at radius 2 is 2.13 bits per heavy atom. The van der Waals surface area contributed by atoms with Crippen molar-refractivity contribution in [1.29, 1.82) is 0 Å². The Bertz CT molecular complexity index is 460. The highest BCUT2D eigenvalue weighted by atomic mass is 16.3. The van der Waals surface area contributed by atoms with E-state index in [1.54, 1.807) is 0 Å². The van der Waals surface area contributed by atoms with E-state index >= 15 is 0 Å². The van der Waals surface area contributed by atoms with Crippen LogP contribution in [0.25, 0.3) is 0 Å². The molecule has 130 valence electrons. The number of benzene rings is 1. The van der Waals surface area contributed by atoms with Gasteiger partial charge in [-0.1, -0.05) is 13.0 Å². The Morgan fingerprint density at radius 1 is 1.26 bits per heavy atom. The zero-order valence-corrected chi connectivity index (χ0v) is 14.4. The highest BCUT2D eigenvalue weighted by Gasteiger charge is 2.16. The number of nitrogens with two attached hydrogens (primary N) is 1. The van der Waals surface area contributed by atoms with Crippen molar-refractivity contribution >= 4 is 11.4 Å². The summed E-state index contributed by atoms with van der Waals surface area (Å²) in [6.45, 7) is 9.33. The molecule has 5 nitrogen and oxygen atoms in total. The second kappa shape index (κ2) is 9.75. The van der Waals surface area contributed by atoms with Crippen LogP contribution < -0.4 is 16.0 Å². The van der Waals surface area contributed by atoms with Gasteiger partial charge in [0, 0.05) is 50.6 Å². The summed E-state index contributed by atoms with van der Waals surface area (Å²) >= 11 is 0. The molecule has 1 aliphatic heterocycles. The molecular formula is C18H32N4O. The summed E-state index contributed by atoms with van der Waals surface area (Å²) < 4.78 is 0. The van der Waals surface area contributed by atoms with Crippen LogP contribution in [-0.4, -0.2) is 62.4 Å². The molecular weight excluding hydrogens is 288 g/mol. The number of nitrogens with one attached hydrogen (secondary N) is 1. The maximum atomic E-state index is 9.07. The van der Waals surface area contributed by atoms with Crippen molar-refractivity contribution in [2.45, 2.75) is 26.2 Å². The van der Waals surface area contributed by atoms with Crippen LogP contribution in [0.2, 0.25) is 0 Å². The van der Waals surface area contributed by atoms with Gasteiger partial charge in [0.25, 0.3) is 0 Å². The Kier molecular flexibility index (Phi) is 7.65. The molecule has 0 radical (unpaired) electrons. The molecule has 1 aliphatic rings. The first-order valence-corrected chi connectivity index (χ1v) is 8.92. The number of anilines is 2. The fourth-order valence-electron chi connectivity index (χ4n) is 3.27. The van der Waals surface area contributed by atoms with Gasteiger partial charge in [-0.25, -0.2) is 0 Å². The normalized spacial score (nSPS) is 14.3. The first-order chi connectivity index (χ1) is 11.2. The number of nitrogens with zero attached hydrogens (tertiary/aromatic N) is 2. The monoisotopic (exact) mass is 320 g/mol. The largest absolute Gasteiger partial charge is 0.399 e. The third-order valence-electron chi connectivity index (χ3n) is 4.44. The zero-order valence-electron chi connectivity index (χ0n) is 14.4. The Balaban J connectivity index is 1.72. The fraction of sp³-hybridized carbons (Fsp3) is 0.667. The quantitative estimate of drug-likeness (QED) is 0.448. The van der Waals surface area contributed by atoms with E-state index in [0.717, 1.165) is 64.3 Å². The van der Waals surface area contributed by atoms with Crippen molar-refractivity contribution in [1.82, 2.24) is 10.2 Å². The van der Waals surface area contributed by atoms with Crippen LogP contribution in [0.4, 0.5) is 11.4 Å². The lowest BCUT2D eigenvalue weighted by atomic mass is 10.0. The molecule has 0 aromatic heterocycles.